The summed E-state index contributed by atoms with van der Waals surface area (Å²) >= 11 is 0. The van der Waals surface area contributed by atoms with Gasteiger partial charge in [-0.25, -0.2) is 9.67 Å². The summed E-state index contributed by atoms with van der Waals surface area (Å²) < 4.78 is 1.74. The van der Waals surface area contributed by atoms with E-state index in [1.807, 2.05) is 36.4 Å². The Hall–Kier alpha value is -2.70. The topological polar surface area (TPSA) is 71.8 Å². The number of halogens is 1. The van der Waals surface area contributed by atoms with Crippen molar-refractivity contribution in [2.75, 3.05) is 11.9 Å². The van der Waals surface area contributed by atoms with E-state index in [0.717, 1.165) is 17.2 Å². The Balaban J connectivity index is 0.00000218. The molecular weight excluding hydrogens is 398 g/mol. The minimum Gasteiger partial charge on any atom is -0.322 e. The van der Waals surface area contributed by atoms with Crippen molar-refractivity contribution in [2.24, 2.45) is 5.92 Å². The minimum absolute atomic E-state index is 0. The van der Waals surface area contributed by atoms with E-state index >= 15 is 0 Å². The molecule has 2 atom stereocenters. The molecule has 2 N–H and O–H groups in total. The second-order valence-electron chi connectivity index (χ2n) is 8.17. The third kappa shape index (κ3) is 5.07. The van der Waals surface area contributed by atoms with Crippen LogP contribution in [0.3, 0.4) is 0 Å². The number of amides is 1. The van der Waals surface area contributed by atoms with E-state index < -0.39 is 0 Å². The van der Waals surface area contributed by atoms with Crippen LogP contribution in [0.4, 0.5) is 5.69 Å². The number of rotatable bonds is 8. The normalized spacial score (nSPS) is 19.7. The van der Waals surface area contributed by atoms with Crippen LogP contribution in [0, 0.1) is 5.92 Å². The number of aromatic nitrogens is 3. The third-order valence-electron chi connectivity index (χ3n) is 5.75. The van der Waals surface area contributed by atoms with Crippen LogP contribution in [0.15, 0.2) is 61.2 Å². The van der Waals surface area contributed by atoms with Crippen molar-refractivity contribution >= 4 is 24.0 Å². The number of nitrogens with zero attached hydrogens (tertiary/aromatic N) is 3. The van der Waals surface area contributed by atoms with Crippen molar-refractivity contribution in [3.8, 4) is 0 Å². The lowest BCUT2D eigenvalue weighted by Crippen LogP contribution is -2.20. The average Bonchev–Trinajstić information content (AvgIpc) is 3.66. The fraction of sp³-hybridized carbons (Fsp3) is 0.348. The molecule has 0 spiro atoms. The Morgan fingerprint density at radius 3 is 2.70 bits per heavy atom. The molecule has 5 rings (SSSR count). The molecule has 0 saturated heterocycles. The maximum Gasteiger partial charge on any atom is 0.255 e. The molecule has 2 fully saturated rings. The molecule has 3 aromatic rings. The SMILES string of the molecule is Cl.O=C(Nc1ccc(C2CC2NCC2CC2)cc1)c1cccc(Cn2cncn2)c1. The molecule has 2 unspecified atom stereocenters. The van der Waals surface area contributed by atoms with Gasteiger partial charge in [-0.15, -0.1) is 12.4 Å². The van der Waals surface area contributed by atoms with Gasteiger partial charge in [0.15, 0.2) is 0 Å². The lowest BCUT2D eigenvalue weighted by atomic mass is 10.1. The zero-order chi connectivity index (χ0) is 19.6. The zero-order valence-electron chi connectivity index (χ0n) is 16.7. The van der Waals surface area contributed by atoms with Crippen molar-refractivity contribution in [1.82, 2.24) is 20.1 Å². The molecule has 2 aromatic carbocycles. The van der Waals surface area contributed by atoms with E-state index in [1.165, 1.54) is 37.7 Å². The molecule has 1 heterocycles. The van der Waals surface area contributed by atoms with Crippen LogP contribution >= 0.6 is 12.4 Å². The molecule has 6 nitrogen and oxygen atoms in total. The average molecular weight is 424 g/mol. The standard InChI is InChI=1S/C23H25N5O.ClH/c29-23(19-3-1-2-17(10-19)13-28-15-24-14-26-28)27-20-8-6-18(7-9-20)21-11-22(21)25-12-16-4-5-16;/h1-3,6-10,14-16,21-22,25H,4-5,11-13H2,(H,27,29);1H. The van der Waals surface area contributed by atoms with Crippen LogP contribution in [0.1, 0.15) is 46.7 Å². The van der Waals surface area contributed by atoms with Crippen LogP contribution in [-0.2, 0) is 6.54 Å². The van der Waals surface area contributed by atoms with Crippen LogP contribution in [0.2, 0.25) is 0 Å². The number of nitrogens with one attached hydrogen (secondary N) is 2. The van der Waals surface area contributed by atoms with Gasteiger partial charge < -0.3 is 10.6 Å². The van der Waals surface area contributed by atoms with Crippen LogP contribution < -0.4 is 10.6 Å². The molecule has 0 radical (unpaired) electrons. The number of carbonyl (C=O) groups excluding carboxylic acids is 1. The smallest absolute Gasteiger partial charge is 0.255 e. The maximum absolute atomic E-state index is 12.7. The van der Waals surface area contributed by atoms with Crippen LogP contribution in [0.5, 0.6) is 0 Å². The fourth-order valence-corrected chi connectivity index (χ4v) is 3.76. The second kappa shape index (κ2) is 8.98. The summed E-state index contributed by atoms with van der Waals surface area (Å²) in [5.74, 6) is 1.43. The number of hydrogen-bond donors (Lipinski definition) is 2. The van der Waals surface area contributed by atoms with Gasteiger partial charge in [-0.05, 0) is 67.1 Å². The summed E-state index contributed by atoms with van der Waals surface area (Å²) in [4.78, 5) is 16.6. The number of carbonyl (C=O) groups is 1. The molecule has 1 amide bonds. The van der Waals surface area contributed by atoms with E-state index in [0.29, 0.717) is 24.1 Å². The van der Waals surface area contributed by atoms with Crippen LogP contribution in [0.25, 0.3) is 0 Å². The minimum atomic E-state index is -0.103. The summed E-state index contributed by atoms with van der Waals surface area (Å²) in [7, 11) is 0. The summed E-state index contributed by atoms with van der Waals surface area (Å²) in [6, 6.07) is 16.5. The van der Waals surface area contributed by atoms with E-state index in [4.69, 9.17) is 0 Å². The van der Waals surface area contributed by atoms with Gasteiger partial charge in [0.1, 0.15) is 12.7 Å². The van der Waals surface area contributed by atoms with Gasteiger partial charge in [0, 0.05) is 23.2 Å². The summed E-state index contributed by atoms with van der Waals surface area (Å²) in [5, 5.41) is 10.8. The molecule has 30 heavy (non-hydrogen) atoms. The van der Waals surface area contributed by atoms with Gasteiger partial charge in [-0.1, -0.05) is 24.3 Å². The first-order valence-corrected chi connectivity index (χ1v) is 10.3. The van der Waals surface area contributed by atoms with Gasteiger partial charge in [0.2, 0.25) is 0 Å². The van der Waals surface area contributed by atoms with Crippen LogP contribution in [-0.4, -0.2) is 33.3 Å². The predicted octanol–water partition coefficient (Wildman–Crippen LogP) is 3.86. The van der Waals surface area contributed by atoms with E-state index in [2.05, 4.69) is 32.8 Å². The van der Waals surface area contributed by atoms with Gasteiger partial charge in [0.25, 0.3) is 5.91 Å². The van der Waals surface area contributed by atoms with E-state index in [9.17, 15) is 4.79 Å². The molecule has 156 valence electrons. The molecule has 0 bridgehead atoms. The Bertz CT molecular complexity index is 985. The van der Waals surface area contributed by atoms with Gasteiger partial charge in [-0.2, -0.15) is 5.10 Å². The monoisotopic (exact) mass is 423 g/mol. The number of hydrogen-bond acceptors (Lipinski definition) is 4. The van der Waals surface area contributed by atoms with Crippen molar-refractivity contribution in [3.63, 3.8) is 0 Å². The van der Waals surface area contributed by atoms with E-state index in [-0.39, 0.29) is 18.3 Å². The maximum atomic E-state index is 12.7. The van der Waals surface area contributed by atoms with Gasteiger partial charge >= 0.3 is 0 Å². The largest absolute Gasteiger partial charge is 0.322 e. The van der Waals surface area contributed by atoms with Crippen molar-refractivity contribution in [3.05, 3.63) is 77.9 Å². The lowest BCUT2D eigenvalue weighted by Gasteiger charge is -2.09. The first kappa shape index (κ1) is 20.6. The van der Waals surface area contributed by atoms with E-state index in [1.54, 1.807) is 11.0 Å². The van der Waals surface area contributed by atoms with Crippen molar-refractivity contribution in [1.29, 1.82) is 0 Å². The first-order valence-electron chi connectivity index (χ1n) is 10.3. The second-order valence-corrected chi connectivity index (χ2v) is 8.17. The molecule has 7 heteroatoms. The Morgan fingerprint density at radius 1 is 1.13 bits per heavy atom. The quantitative estimate of drug-likeness (QED) is 0.577. The van der Waals surface area contributed by atoms with Gasteiger partial charge in [-0.3, -0.25) is 4.79 Å². The highest BCUT2D eigenvalue weighted by Crippen LogP contribution is 2.41. The fourth-order valence-electron chi connectivity index (χ4n) is 3.76. The lowest BCUT2D eigenvalue weighted by molar-refractivity contribution is 0.102. The highest BCUT2D eigenvalue weighted by atomic mass is 35.5. The number of benzene rings is 2. The predicted molar refractivity (Wildman–Crippen MR) is 119 cm³/mol. The summed E-state index contributed by atoms with van der Waals surface area (Å²) in [6.45, 7) is 1.76. The molecule has 2 aliphatic carbocycles. The third-order valence-corrected chi connectivity index (χ3v) is 5.75. The number of anilines is 1. The van der Waals surface area contributed by atoms with Crippen molar-refractivity contribution in [2.45, 2.75) is 37.8 Å². The Morgan fingerprint density at radius 2 is 1.97 bits per heavy atom. The van der Waals surface area contributed by atoms with Crippen molar-refractivity contribution < 1.29 is 4.79 Å². The molecule has 1 aromatic heterocycles. The summed E-state index contributed by atoms with van der Waals surface area (Å²) in [5.41, 5.74) is 3.82. The highest BCUT2D eigenvalue weighted by molar-refractivity contribution is 6.04. The molecular formula is C23H26ClN5O. The van der Waals surface area contributed by atoms with Gasteiger partial charge in [0.05, 0.1) is 6.54 Å². The summed E-state index contributed by atoms with van der Waals surface area (Å²) in [6.07, 6.45) is 7.18. The highest BCUT2D eigenvalue weighted by Gasteiger charge is 2.38. The molecule has 0 aliphatic heterocycles. The first-order chi connectivity index (χ1) is 14.2. The Kier molecular flexibility index (Phi) is 6.16. The molecule has 2 aliphatic rings. The molecule has 2 saturated carbocycles. The Labute approximate surface area is 182 Å². The zero-order valence-corrected chi connectivity index (χ0v) is 17.5.